The van der Waals surface area contributed by atoms with Gasteiger partial charge < -0.3 is 4.90 Å². The minimum Gasteiger partial charge on any atom is -0.310 e. The van der Waals surface area contributed by atoms with Crippen LogP contribution in [0.15, 0.2) is 152 Å². The highest BCUT2D eigenvalue weighted by Crippen LogP contribution is 2.57. The molecule has 0 fully saturated rings. The molecule has 0 atom stereocenters. The zero-order valence-corrected chi connectivity index (χ0v) is 30.6. The summed E-state index contributed by atoms with van der Waals surface area (Å²) in [6.07, 6.45) is 0. The first-order chi connectivity index (χ1) is 25.3. The minimum absolute atomic E-state index is 0.132. The van der Waals surface area contributed by atoms with Gasteiger partial charge in [0, 0.05) is 47.8 Å². The van der Waals surface area contributed by atoms with E-state index in [2.05, 4.69) is 184 Å². The Labute approximate surface area is 308 Å². The van der Waals surface area contributed by atoms with Gasteiger partial charge in [0.25, 0.3) is 0 Å². The number of hydrogen-bond donors (Lipinski definition) is 0. The Kier molecular flexibility index (Phi) is 6.02. The molecule has 0 spiro atoms. The second-order valence-corrected chi connectivity index (χ2v) is 16.8. The van der Waals surface area contributed by atoms with Crippen molar-refractivity contribution in [2.24, 2.45) is 0 Å². The van der Waals surface area contributed by atoms with Crippen molar-refractivity contribution in [1.29, 1.82) is 0 Å². The highest BCUT2D eigenvalue weighted by molar-refractivity contribution is 7.25. The molecule has 1 heterocycles. The molecule has 8 aromatic carbocycles. The van der Waals surface area contributed by atoms with E-state index in [1.807, 2.05) is 11.3 Å². The second-order valence-electron chi connectivity index (χ2n) is 15.7. The van der Waals surface area contributed by atoms with Crippen LogP contribution in [-0.4, -0.2) is 0 Å². The number of fused-ring (bicyclic) bond motifs is 13. The molecule has 11 rings (SSSR count). The van der Waals surface area contributed by atoms with Gasteiger partial charge in [-0.25, -0.2) is 0 Å². The number of hydrogen-bond acceptors (Lipinski definition) is 2. The van der Waals surface area contributed by atoms with E-state index in [1.165, 1.54) is 97.6 Å². The van der Waals surface area contributed by atoms with Crippen LogP contribution in [0.25, 0.3) is 64.0 Å². The molecule has 0 N–H and O–H groups in total. The molecule has 2 aliphatic rings. The number of thiophene rings is 1. The van der Waals surface area contributed by atoms with Crippen molar-refractivity contribution >= 4 is 70.1 Å². The van der Waals surface area contributed by atoms with Gasteiger partial charge in [0.1, 0.15) is 0 Å². The van der Waals surface area contributed by atoms with Crippen LogP contribution in [0.3, 0.4) is 0 Å². The molecular weight excluding hydrogens is 647 g/mol. The van der Waals surface area contributed by atoms with Gasteiger partial charge >= 0.3 is 0 Å². The highest BCUT2D eigenvalue weighted by atomic mass is 32.1. The summed E-state index contributed by atoms with van der Waals surface area (Å²) in [4.78, 5) is 2.50. The van der Waals surface area contributed by atoms with Gasteiger partial charge in [-0.05, 0) is 109 Å². The van der Waals surface area contributed by atoms with Crippen LogP contribution in [0.5, 0.6) is 0 Å². The summed E-state index contributed by atoms with van der Waals surface area (Å²) in [5.41, 5.74) is 14.3. The fourth-order valence-electron chi connectivity index (χ4n) is 9.71. The van der Waals surface area contributed by atoms with Crippen LogP contribution >= 0.6 is 11.3 Å². The monoisotopic (exact) mass is 683 g/mol. The van der Waals surface area contributed by atoms with E-state index in [0.29, 0.717) is 0 Å². The number of anilines is 3. The predicted octanol–water partition coefficient (Wildman–Crippen LogP) is 14.4. The van der Waals surface area contributed by atoms with E-state index in [0.717, 1.165) is 5.69 Å². The lowest BCUT2D eigenvalue weighted by Gasteiger charge is -2.30. The van der Waals surface area contributed by atoms with Gasteiger partial charge in [-0.3, -0.25) is 0 Å². The number of para-hydroxylation sites is 1. The van der Waals surface area contributed by atoms with Gasteiger partial charge in [0.2, 0.25) is 0 Å². The maximum Gasteiger partial charge on any atom is 0.0546 e. The number of rotatable bonds is 3. The first-order valence-corrected chi connectivity index (χ1v) is 19.2. The summed E-state index contributed by atoms with van der Waals surface area (Å²) in [6, 6.07) is 57.0. The molecule has 0 radical (unpaired) electrons. The molecule has 0 amide bonds. The average molecular weight is 684 g/mol. The fraction of sp³-hybridized carbons (Fsp3) is 0.120. The standard InChI is InChI=1S/C50H37NS/c1-49(2)42-26-32(23-24-34(42)38-29-46-39(27-43(38)49)36-19-12-13-21-45(36)52-46)51(31-15-6-5-7-16-31)44-28-40-47-33-17-9-8-14-30(33)22-25-41(47)50(3,4)48(40)37-20-11-10-18-35(37)44/h5-29H,1-4H3. The smallest absolute Gasteiger partial charge is 0.0546 e. The van der Waals surface area contributed by atoms with Crippen LogP contribution in [0.4, 0.5) is 17.1 Å². The molecule has 9 aromatic rings. The number of benzene rings is 8. The lowest BCUT2D eigenvalue weighted by molar-refractivity contribution is 0.661. The van der Waals surface area contributed by atoms with E-state index in [1.54, 1.807) is 0 Å². The Morgan fingerprint density at radius 3 is 1.94 bits per heavy atom. The van der Waals surface area contributed by atoms with Crippen molar-refractivity contribution in [3.8, 4) is 22.3 Å². The van der Waals surface area contributed by atoms with Crippen molar-refractivity contribution in [3.63, 3.8) is 0 Å². The van der Waals surface area contributed by atoms with Crippen LogP contribution in [0, 0.1) is 0 Å². The Bertz CT molecular complexity index is 2960. The largest absolute Gasteiger partial charge is 0.310 e. The van der Waals surface area contributed by atoms with E-state index in [9.17, 15) is 0 Å². The molecule has 2 aliphatic carbocycles. The van der Waals surface area contributed by atoms with Crippen LogP contribution in [0.2, 0.25) is 0 Å². The normalized spacial score (nSPS) is 14.8. The average Bonchev–Trinajstić information content (AvgIpc) is 3.73. The Morgan fingerprint density at radius 1 is 0.423 bits per heavy atom. The van der Waals surface area contributed by atoms with E-state index in [-0.39, 0.29) is 10.8 Å². The summed E-state index contributed by atoms with van der Waals surface area (Å²) in [5, 5.41) is 7.92. The third kappa shape index (κ3) is 3.93. The van der Waals surface area contributed by atoms with Crippen molar-refractivity contribution in [2.75, 3.05) is 4.90 Å². The van der Waals surface area contributed by atoms with Crippen LogP contribution < -0.4 is 4.90 Å². The zero-order chi connectivity index (χ0) is 34.9. The predicted molar refractivity (Wildman–Crippen MR) is 224 cm³/mol. The minimum atomic E-state index is -0.151. The summed E-state index contributed by atoms with van der Waals surface area (Å²) < 4.78 is 2.72. The molecule has 1 aromatic heterocycles. The summed E-state index contributed by atoms with van der Waals surface area (Å²) >= 11 is 1.90. The topological polar surface area (TPSA) is 3.24 Å². The van der Waals surface area contributed by atoms with Crippen molar-refractivity contribution in [1.82, 2.24) is 0 Å². The summed E-state index contributed by atoms with van der Waals surface area (Å²) in [5.74, 6) is 0. The zero-order valence-electron chi connectivity index (χ0n) is 29.8. The Balaban J connectivity index is 1.17. The molecular formula is C50H37NS. The molecule has 0 saturated heterocycles. The lowest BCUT2D eigenvalue weighted by atomic mass is 9.79. The van der Waals surface area contributed by atoms with Gasteiger partial charge in [0.05, 0.1) is 5.69 Å². The van der Waals surface area contributed by atoms with E-state index >= 15 is 0 Å². The van der Waals surface area contributed by atoms with Crippen molar-refractivity contribution in [2.45, 2.75) is 38.5 Å². The van der Waals surface area contributed by atoms with E-state index < -0.39 is 0 Å². The molecule has 2 heteroatoms. The third-order valence-electron chi connectivity index (χ3n) is 12.2. The quantitative estimate of drug-likeness (QED) is 0.179. The second kappa shape index (κ2) is 10.4. The molecule has 248 valence electrons. The molecule has 1 nitrogen and oxygen atoms in total. The molecule has 0 saturated carbocycles. The first-order valence-electron chi connectivity index (χ1n) is 18.4. The Morgan fingerprint density at radius 2 is 1.12 bits per heavy atom. The molecule has 52 heavy (non-hydrogen) atoms. The SMILES string of the molecule is CC1(C)c2cc(N(c3ccccc3)c3cc4c(c5ccccc35)C(C)(C)c3ccc5ccccc5c3-4)ccc2-c2cc3sc4ccccc4c3cc21. The maximum atomic E-state index is 2.50. The van der Waals surface area contributed by atoms with Gasteiger partial charge in [0.15, 0.2) is 0 Å². The summed E-state index contributed by atoms with van der Waals surface area (Å²) in [6.45, 7) is 9.62. The van der Waals surface area contributed by atoms with Gasteiger partial charge in [-0.15, -0.1) is 11.3 Å². The van der Waals surface area contributed by atoms with Gasteiger partial charge in [-0.1, -0.05) is 131 Å². The molecule has 0 bridgehead atoms. The van der Waals surface area contributed by atoms with Gasteiger partial charge in [-0.2, -0.15) is 0 Å². The third-order valence-corrected chi connectivity index (χ3v) is 13.3. The first kappa shape index (κ1) is 30.0. The Hall–Kier alpha value is -5.70. The number of nitrogens with zero attached hydrogens (tertiary/aromatic N) is 1. The summed E-state index contributed by atoms with van der Waals surface area (Å²) in [7, 11) is 0. The highest BCUT2D eigenvalue weighted by Gasteiger charge is 2.40. The van der Waals surface area contributed by atoms with Crippen molar-refractivity contribution < 1.29 is 0 Å². The maximum absolute atomic E-state index is 2.50. The fourth-order valence-corrected chi connectivity index (χ4v) is 10.8. The van der Waals surface area contributed by atoms with E-state index in [4.69, 9.17) is 0 Å². The lowest BCUT2D eigenvalue weighted by Crippen LogP contribution is -2.17. The van der Waals surface area contributed by atoms with Crippen LogP contribution in [0.1, 0.15) is 49.9 Å². The van der Waals surface area contributed by atoms with Crippen LogP contribution in [-0.2, 0) is 10.8 Å². The molecule has 0 unspecified atom stereocenters. The van der Waals surface area contributed by atoms with Crippen molar-refractivity contribution in [3.05, 3.63) is 174 Å². The molecule has 0 aliphatic heterocycles.